The van der Waals surface area contributed by atoms with E-state index in [2.05, 4.69) is 46.8 Å². The van der Waals surface area contributed by atoms with Gasteiger partial charge < -0.3 is 0 Å². The highest BCUT2D eigenvalue weighted by molar-refractivity contribution is 4.96. The monoisotopic (exact) mass is 140 g/mol. The van der Waals surface area contributed by atoms with Gasteiger partial charge in [0.15, 0.2) is 0 Å². The zero-order valence-corrected chi connectivity index (χ0v) is 7.94. The Morgan fingerprint density at radius 3 is 2.00 bits per heavy atom. The van der Waals surface area contributed by atoms with Crippen LogP contribution in [0, 0.1) is 11.3 Å². The SMILES string of the molecule is CC=CC(C)(CC)C(C)C. The summed E-state index contributed by atoms with van der Waals surface area (Å²) in [5, 5.41) is 0. The largest absolute Gasteiger partial charge is 0.0911 e. The second-order valence-electron chi connectivity index (χ2n) is 3.51. The van der Waals surface area contributed by atoms with Gasteiger partial charge in [0.2, 0.25) is 0 Å². The van der Waals surface area contributed by atoms with Crippen LogP contribution in [0.25, 0.3) is 0 Å². The first-order chi connectivity index (χ1) is 4.56. The first-order valence-electron chi connectivity index (χ1n) is 4.20. The van der Waals surface area contributed by atoms with Crippen molar-refractivity contribution in [1.82, 2.24) is 0 Å². The average molecular weight is 140 g/mol. The van der Waals surface area contributed by atoms with Gasteiger partial charge in [0.05, 0.1) is 0 Å². The lowest BCUT2D eigenvalue weighted by molar-refractivity contribution is 0.287. The zero-order valence-electron chi connectivity index (χ0n) is 7.94. The van der Waals surface area contributed by atoms with E-state index >= 15 is 0 Å². The van der Waals surface area contributed by atoms with Gasteiger partial charge in [-0.15, -0.1) is 0 Å². The summed E-state index contributed by atoms with van der Waals surface area (Å²) in [7, 11) is 0. The summed E-state index contributed by atoms with van der Waals surface area (Å²) in [5.74, 6) is 0.744. The minimum Gasteiger partial charge on any atom is -0.0911 e. The summed E-state index contributed by atoms with van der Waals surface area (Å²) in [4.78, 5) is 0. The highest BCUT2D eigenvalue weighted by atomic mass is 14.3. The smallest absolute Gasteiger partial charge is 0.0126 e. The molecule has 0 fully saturated rings. The van der Waals surface area contributed by atoms with Crippen LogP contribution < -0.4 is 0 Å². The molecule has 0 aromatic carbocycles. The van der Waals surface area contributed by atoms with Crippen molar-refractivity contribution in [3.05, 3.63) is 12.2 Å². The van der Waals surface area contributed by atoms with Gasteiger partial charge in [-0.25, -0.2) is 0 Å². The van der Waals surface area contributed by atoms with Crippen LogP contribution in [-0.2, 0) is 0 Å². The van der Waals surface area contributed by atoms with E-state index in [-0.39, 0.29) is 0 Å². The normalized spacial score (nSPS) is 18.2. The van der Waals surface area contributed by atoms with Gasteiger partial charge in [-0.05, 0) is 24.7 Å². The molecule has 0 aliphatic rings. The lowest BCUT2D eigenvalue weighted by Gasteiger charge is -2.28. The summed E-state index contributed by atoms with van der Waals surface area (Å²) in [6.07, 6.45) is 5.70. The maximum absolute atomic E-state index is 2.32. The molecule has 0 N–H and O–H groups in total. The van der Waals surface area contributed by atoms with E-state index in [0.29, 0.717) is 5.41 Å². The van der Waals surface area contributed by atoms with Crippen molar-refractivity contribution in [3.63, 3.8) is 0 Å². The van der Waals surface area contributed by atoms with Gasteiger partial charge in [-0.3, -0.25) is 0 Å². The van der Waals surface area contributed by atoms with Crippen molar-refractivity contribution >= 4 is 0 Å². The van der Waals surface area contributed by atoms with Crippen LogP contribution in [0.15, 0.2) is 12.2 Å². The second-order valence-corrected chi connectivity index (χ2v) is 3.51. The number of hydrogen-bond donors (Lipinski definition) is 0. The average Bonchev–Trinajstić information content (AvgIpc) is 1.88. The molecule has 0 radical (unpaired) electrons. The Morgan fingerprint density at radius 2 is 1.90 bits per heavy atom. The molecule has 0 aromatic heterocycles. The maximum atomic E-state index is 2.32. The molecule has 60 valence electrons. The van der Waals surface area contributed by atoms with Crippen LogP contribution in [0.1, 0.15) is 41.0 Å². The van der Waals surface area contributed by atoms with E-state index in [9.17, 15) is 0 Å². The molecule has 0 aliphatic heterocycles. The Labute approximate surface area is 65.3 Å². The highest BCUT2D eigenvalue weighted by Crippen LogP contribution is 2.31. The predicted octanol–water partition coefficient (Wildman–Crippen LogP) is 3.63. The molecule has 0 amide bonds. The molecular weight excluding hydrogens is 120 g/mol. The molecule has 0 saturated carbocycles. The van der Waals surface area contributed by atoms with Crippen molar-refractivity contribution in [3.8, 4) is 0 Å². The van der Waals surface area contributed by atoms with E-state index in [1.165, 1.54) is 6.42 Å². The molecule has 0 rings (SSSR count). The van der Waals surface area contributed by atoms with E-state index in [1.807, 2.05) is 0 Å². The van der Waals surface area contributed by atoms with Crippen molar-refractivity contribution in [2.45, 2.75) is 41.0 Å². The summed E-state index contributed by atoms with van der Waals surface area (Å²) >= 11 is 0. The minimum absolute atomic E-state index is 0.411. The number of hydrogen-bond acceptors (Lipinski definition) is 0. The number of rotatable bonds is 3. The second kappa shape index (κ2) is 3.80. The first kappa shape index (κ1) is 9.74. The fraction of sp³-hybridized carbons (Fsp3) is 0.800. The third-order valence-electron chi connectivity index (χ3n) is 2.63. The lowest BCUT2D eigenvalue weighted by atomic mass is 9.77. The molecule has 1 unspecified atom stereocenters. The Hall–Kier alpha value is -0.260. The van der Waals surface area contributed by atoms with Crippen LogP contribution >= 0.6 is 0 Å². The molecule has 0 nitrogen and oxygen atoms in total. The van der Waals surface area contributed by atoms with E-state index in [4.69, 9.17) is 0 Å². The van der Waals surface area contributed by atoms with Crippen molar-refractivity contribution in [2.24, 2.45) is 11.3 Å². The highest BCUT2D eigenvalue weighted by Gasteiger charge is 2.21. The van der Waals surface area contributed by atoms with E-state index < -0.39 is 0 Å². The molecule has 0 heterocycles. The molecule has 0 bridgehead atoms. The molecule has 0 saturated heterocycles. The minimum atomic E-state index is 0.411. The summed E-state index contributed by atoms with van der Waals surface area (Å²) in [6, 6.07) is 0. The molecular formula is C10H20. The third-order valence-corrected chi connectivity index (χ3v) is 2.63. The van der Waals surface area contributed by atoms with E-state index in [0.717, 1.165) is 5.92 Å². The lowest BCUT2D eigenvalue weighted by Crippen LogP contribution is -2.19. The van der Waals surface area contributed by atoms with Crippen LogP contribution in [0.5, 0.6) is 0 Å². The fourth-order valence-electron chi connectivity index (χ4n) is 1.10. The Morgan fingerprint density at radius 1 is 1.40 bits per heavy atom. The molecule has 0 spiro atoms. The van der Waals surface area contributed by atoms with Gasteiger partial charge in [-0.2, -0.15) is 0 Å². The Balaban J connectivity index is 4.22. The maximum Gasteiger partial charge on any atom is -0.0126 e. The quantitative estimate of drug-likeness (QED) is 0.525. The van der Waals surface area contributed by atoms with Gasteiger partial charge in [-0.1, -0.05) is 39.8 Å². The summed E-state index contributed by atoms with van der Waals surface area (Å²) < 4.78 is 0. The standard InChI is InChI=1S/C10H20/c1-6-8-10(5,7-2)9(3)4/h6,8-9H,7H2,1-5H3. The molecule has 0 aromatic rings. The van der Waals surface area contributed by atoms with Gasteiger partial charge in [0.25, 0.3) is 0 Å². The Kier molecular flexibility index (Phi) is 3.70. The summed E-state index contributed by atoms with van der Waals surface area (Å²) in [6.45, 7) is 11.2. The van der Waals surface area contributed by atoms with Crippen molar-refractivity contribution in [2.75, 3.05) is 0 Å². The van der Waals surface area contributed by atoms with Gasteiger partial charge in [0, 0.05) is 0 Å². The summed E-state index contributed by atoms with van der Waals surface area (Å²) in [5.41, 5.74) is 0.411. The van der Waals surface area contributed by atoms with E-state index in [1.54, 1.807) is 0 Å². The fourth-order valence-corrected chi connectivity index (χ4v) is 1.10. The first-order valence-corrected chi connectivity index (χ1v) is 4.20. The number of allylic oxidation sites excluding steroid dienone is 2. The van der Waals surface area contributed by atoms with Crippen molar-refractivity contribution in [1.29, 1.82) is 0 Å². The molecule has 10 heavy (non-hydrogen) atoms. The molecule has 0 heteroatoms. The zero-order chi connectivity index (χ0) is 8.20. The van der Waals surface area contributed by atoms with Crippen LogP contribution in [-0.4, -0.2) is 0 Å². The molecule has 0 aliphatic carbocycles. The van der Waals surface area contributed by atoms with Crippen molar-refractivity contribution < 1.29 is 0 Å². The Bertz CT molecular complexity index is 111. The van der Waals surface area contributed by atoms with Crippen LogP contribution in [0.2, 0.25) is 0 Å². The van der Waals surface area contributed by atoms with Gasteiger partial charge >= 0.3 is 0 Å². The molecule has 1 atom stereocenters. The van der Waals surface area contributed by atoms with Gasteiger partial charge in [0.1, 0.15) is 0 Å². The topological polar surface area (TPSA) is 0 Å². The van der Waals surface area contributed by atoms with Crippen LogP contribution in [0.3, 0.4) is 0 Å². The third kappa shape index (κ3) is 2.17. The predicted molar refractivity (Wildman–Crippen MR) is 48.1 cm³/mol. The van der Waals surface area contributed by atoms with Crippen LogP contribution in [0.4, 0.5) is 0 Å².